The van der Waals surface area contributed by atoms with Crippen molar-refractivity contribution in [2.45, 2.75) is 37.8 Å². The number of carbonyl (C=O) groups excluding carboxylic acids is 2. The Kier molecular flexibility index (Phi) is 11.3. The molecule has 0 bridgehead atoms. The van der Waals surface area contributed by atoms with E-state index in [4.69, 9.17) is 0 Å². The Labute approximate surface area is 266 Å². The van der Waals surface area contributed by atoms with Crippen LogP contribution in [-0.2, 0) is 32.6 Å². The number of amides is 2. The van der Waals surface area contributed by atoms with Crippen LogP contribution in [0.15, 0.2) is 119 Å². The Morgan fingerprint density at radius 3 is 2.00 bits per heavy atom. The van der Waals surface area contributed by atoms with E-state index in [1.807, 2.05) is 68.4 Å². The Morgan fingerprint density at radius 1 is 0.818 bits per heavy atom. The van der Waals surface area contributed by atoms with Crippen LogP contribution in [-0.4, -0.2) is 44.3 Å². The second-order valence-corrected chi connectivity index (χ2v) is 13.6. The van der Waals surface area contributed by atoms with E-state index >= 15 is 0 Å². The van der Waals surface area contributed by atoms with Crippen molar-refractivity contribution in [3.63, 3.8) is 0 Å². The number of carbonyl (C=O) groups is 2. The summed E-state index contributed by atoms with van der Waals surface area (Å²) >= 11 is 3.43. The molecule has 0 aromatic heterocycles. The number of rotatable bonds is 13. The minimum Gasteiger partial charge on any atom is -0.354 e. The molecule has 230 valence electrons. The quantitative estimate of drug-likeness (QED) is 0.182. The number of benzene rings is 4. The van der Waals surface area contributed by atoms with Crippen LogP contribution in [0, 0.1) is 11.7 Å². The van der Waals surface area contributed by atoms with Crippen LogP contribution in [0.1, 0.15) is 25.0 Å². The molecule has 0 aliphatic heterocycles. The zero-order valence-electron chi connectivity index (χ0n) is 24.6. The fourth-order valence-corrected chi connectivity index (χ4v) is 6.32. The summed E-state index contributed by atoms with van der Waals surface area (Å²) in [5.74, 6) is -1.29. The molecular weight excluding hydrogens is 645 g/mol. The highest BCUT2D eigenvalue weighted by molar-refractivity contribution is 9.10. The molecule has 0 heterocycles. The van der Waals surface area contributed by atoms with Gasteiger partial charge in [0, 0.05) is 24.0 Å². The Balaban J connectivity index is 1.78. The number of sulfonamides is 1. The average Bonchev–Trinajstić information content (AvgIpc) is 3.02. The lowest BCUT2D eigenvalue weighted by Crippen LogP contribution is -2.53. The summed E-state index contributed by atoms with van der Waals surface area (Å²) in [5.41, 5.74) is 1.73. The van der Waals surface area contributed by atoms with Crippen LogP contribution in [0.25, 0.3) is 0 Å². The SMILES string of the molecule is CC(C)CNC(=O)C(Cc1ccccc1)N(Cc1ccc(Br)cc1)C(=O)CN(c1ccc(F)cc1)S(=O)(=O)c1ccccc1. The first-order valence-electron chi connectivity index (χ1n) is 14.2. The molecule has 0 radical (unpaired) electrons. The molecule has 4 aromatic carbocycles. The smallest absolute Gasteiger partial charge is 0.264 e. The minimum absolute atomic E-state index is 0.0212. The van der Waals surface area contributed by atoms with Gasteiger partial charge < -0.3 is 10.2 Å². The van der Waals surface area contributed by atoms with E-state index < -0.39 is 34.3 Å². The lowest BCUT2D eigenvalue weighted by Gasteiger charge is -2.34. The second kappa shape index (κ2) is 15.1. The molecule has 1 atom stereocenters. The number of halogens is 2. The first kappa shape index (κ1) is 32.9. The summed E-state index contributed by atoms with van der Waals surface area (Å²) in [6.07, 6.45) is 0.217. The molecule has 4 rings (SSSR count). The van der Waals surface area contributed by atoms with E-state index in [9.17, 15) is 22.4 Å². The van der Waals surface area contributed by atoms with Crippen molar-refractivity contribution >= 4 is 43.5 Å². The lowest BCUT2D eigenvalue weighted by atomic mass is 10.0. The third-order valence-corrected chi connectivity index (χ3v) is 9.26. The van der Waals surface area contributed by atoms with E-state index in [-0.39, 0.29) is 35.4 Å². The molecule has 0 spiro atoms. The number of nitrogens with one attached hydrogen (secondary N) is 1. The summed E-state index contributed by atoms with van der Waals surface area (Å²) in [5, 5.41) is 2.97. The van der Waals surface area contributed by atoms with Crippen molar-refractivity contribution in [1.29, 1.82) is 0 Å². The van der Waals surface area contributed by atoms with Crippen molar-refractivity contribution in [3.05, 3.63) is 131 Å². The highest BCUT2D eigenvalue weighted by Gasteiger charge is 2.34. The van der Waals surface area contributed by atoms with Gasteiger partial charge in [-0.25, -0.2) is 12.8 Å². The molecule has 10 heteroatoms. The first-order valence-corrected chi connectivity index (χ1v) is 16.5. The molecular formula is C34H35BrFN3O4S. The summed E-state index contributed by atoms with van der Waals surface area (Å²) in [6, 6.07) is 28.5. The molecule has 7 nitrogen and oxygen atoms in total. The number of hydrogen-bond acceptors (Lipinski definition) is 4. The Bertz CT molecular complexity index is 1640. The third-order valence-electron chi connectivity index (χ3n) is 6.95. The monoisotopic (exact) mass is 679 g/mol. The van der Waals surface area contributed by atoms with Crippen molar-refractivity contribution in [2.75, 3.05) is 17.4 Å². The molecule has 2 amide bonds. The van der Waals surface area contributed by atoms with Crippen molar-refractivity contribution in [2.24, 2.45) is 5.92 Å². The number of anilines is 1. The van der Waals surface area contributed by atoms with Gasteiger partial charge in [0.25, 0.3) is 10.0 Å². The van der Waals surface area contributed by atoms with Crippen LogP contribution in [0.5, 0.6) is 0 Å². The maximum Gasteiger partial charge on any atom is 0.264 e. The van der Waals surface area contributed by atoms with E-state index in [1.165, 1.54) is 29.2 Å². The standard InChI is InChI=1S/C34H35BrFN3O4S/c1-25(2)22-37-34(41)32(21-26-9-5-3-6-10-26)38(23-27-13-15-28(35)16-14-27)33(40)24-39(30-19-17-29(36)18-20-30)44(42,43)31-11-7-4-8-12-31/h3-20,25,32H,21-24H2,1-2H3,(H,37,41). The molecule has 0 aliphatic carbocycles. The van der Waals surface area contributed by atoms with Gasteiger partial charge in [0.05, 0.1) is 10.6 Å². The van der Waals surface area contributed by atoms with Gasteiger partial charge >= 0.3 is 0 Å². The van der Waals surface area contributed by atoms with Gasteiger partial charge in [0.2, 0.25) is 11.8 Å². The third kappa shape index (κ3) is 8.76. The average molecular weight is 681 g/mol. The van der Waals surface area contributed by atoms with Crippen molar-refractivity contribution in [3.8, 4) is 0 Å². The van der Waals surface area contributed by atoms with Crippen LogP contribution in [0.4, 0.5) is 10.1 Å². The largest absolute Gasteiger partial charge is 0.354 e. The van der Waals surface area contributed by atoms with E-state index in [1.54, 1.807) is 18.2 Å². The fraction of sp³-hybridized carbons (Fsp3) is 0.235. The van der Waals surface area contributed by atoms with Gasteiger partial charge in [-0.1, -0.05) is 90.4 Å². The number of hydrogen-bond donors (Lipinski definition) is 1. The summed E-state index contributed by atoms with van der Waals surface area (Å²) < 4.78 is 43.5. The predicted octanol–water partition coefficient (Wildman–Crippen LogP) is 6.20. The Morgan fingerprint density at radius 2 is 1.41 bits per heavy atom. The van der Waals surface area contributed by atoms with Gasteiger partial charge in [-0.15, -0.1) is 0 Å². The van der Waals surface area contributed by atoms with Gasteiger partial charge in [0.1, 0.15) is 18.4 Å². The van der Waals surface area contributed by atoms with Gasteiger partial charge in [0.15, 0.2) is 0 Å². The molecule has 1 N–H and O–H groups in total. The highest BCUT2D eigenvalue weighted by Crippen LogP contribution is 2.25. The topological polar surface area (TPSA) is 86.8 Å². The molecule has 1 unspecified atom stereocenters. The highest BCUT2D eigenvalue weighted by atomic mass is 79.9. The zero-order chi connectivity index (χ0) is 31.7. The Hall–Kier alpha value is -4.02. The predicted molar refractivity (Wildman–Crippen MR) is 174 cm³/mol. The van der Waals surface area contributed by atoms with E-state index in [0.717, 1.165) is 32.0 Å². The second-order valence-electron chi connectivity index (χ2n) is 10.8. The van der Waals surface area contributed by atoms with Crippen LogP contribution in [0.3, 0.4) is 0 Å². The maximum absolute atomic E-state index is 14.4. The maximum atomic E-state index is 14.4. The summed E-state index contributed by atoms with van der Waals surface area (Å²) in [7, 11) is -4.24. The lowest BCUT2D eigenvalue weighted by molar-refractivity contribution is -0.140. The summed E-state index contributed by atoms with van der Waals surface area (Å²) in [4.78, 5) is 29.6. The van der Waals surface area contributed by atoms with Crippen LogP contribution < -0.4 is 9.62 Å². The molecule has 4 aromatic rings. The van der Waals surface area contributed by atoms with E-state index in [2.05, 4.69) is 21.2 Å². The fourth-order valence-electron chi connectivity index (χ4n) is 4.62. The van der Waals surface area contributed by atoms with Gasteiger partial charge in [-0.2, -0.15) is 0 Å². The zero-order valence-corrected chi connectivity index (χ0v) is 27.0. The molecule has 0 saturated carbocycles. The van der Waals surface area contributed by atoms with Gasteiger partial charge in [-0.3, -0.25) is 13.9 Å². The molecule has 0 saturated heterocycles. The molecule has 0 fully saturated rings. The van der Waals surface area contributed by atoms with E-state index in [0.29, 0.717) is 6.54 Å². The van der Waals surface area contributed by atoms with Crippen molar-refractivity contribution in [1.82, 2.24) is 10.2 Å². The number of nitrogens with zero attached hydrogens (tertiary/aromatic N) is 2. The normalized spacial score (nSPS) is 12.0. The first-order chi connectivity index (χ1) is 21.0. The van der Waals surface area contributed by atoms with Crippen LogP contribution >= 0.6 is 15.9 Å². The van der Waals surface area contributed by atoms with Gasteiger partial charge in [-0.05, 0) is 65.6 Å². The summed E-state index contributed by atoms with van der Waals surface area (Å²) in [6.45, 7) is 3.82. The molecule has 44 heavy (non-hydrogen) atoms. The molecule has 0 aliphatic rings. The van der Waals surface area contributed by atoms with Crippen molar-refractivity contribution < 1.29 is 22.4 Å². The van der Waals surface area contributed by atoms with Crippen LogP contribution in [0.2, 0.25) is 0 Å². The minimum atomic E-state index is -4.24.